The molecule has 0 aromatic carbocycles. The fraction of sp³-hybridized carbons (Fsp3) is 0.800. The van der Waals surface area contributed by atoms with Crippen molar-refractivity contribution >= 4 is 26.5 Å². The van der Waals surface area contributed by atoms with Crippen molar-refractivity contribution in [3.05, 3.63) is 5.82 Å². The molecule has 0 saturated carbocycles. The van der Waals surface area contributed by atoms with E-state index in [9.17, 15) is 8.42 Å². The number of sulfone groups is 1. The van der Waals surface area contributed by atoms with Crippen LogP contribution in [0.3, 0.4) is 0 Å². The Labute approximate surface area is 106 Å². The van der Waals surface area contributed by atoms with Crippen LogP contribution in [0.4, 0.5) is 5.13 Å². The Morgan fingerprint density at radius 1 is 1.53 bits per heavy atom. The Balaban J connectivity index is 1.89. The Hall–Kier alpha value is -0.690. The molecule has 0 amide bonds. The van der Waals surface area contributed by atoms with Crippen LogP contribution in [0.25, 0.3) is 0 Å². The Bertz CT molecular complexity index is 470. The van der Waals surface area contributed by atoms with Crippen molar-refractivity contribution in [2.24, 2.45) is 0 Å². The summed E-state index contributed by atoms with van der Waals surface area (Å²) in [5.41, 5.74) is 0. The minimum Gasteiger partial charge on any atom is -0.359 e. The molecule has 1 aliphatic rings. The van der Waals surface area contributed by atoms with Crippen LogP contribution in [0.15, 0.2) is 0 Å². The van der Waals surface area contributed by atoms with Gasteiger partial charge >= 0.3 is 0 Å². The zero-order chi connectivity index (χ0) is 12.3. The summed E-state index contributed by atoms with van der Waals surface area (Å²) in [7, 11) is -2.87. The molecule has 17 heavy (non-hydrogen) atoms. The number of hydrogen-bond donors (Lipinski definition) is 1. The molecular weight excluding hydrogens is 258 g/mol. The van der Waals surface area contributed by atoms with Crippen LogP contribution in [-0.2, 0) is 16.3 Å². The van der Waals surface area contributed by atoms with Gasteiger partial charge in [-0.15, -0.1) is 0 Å². The lowest BCUT2D eigenvalue weighted by Gasteiger charge is -2.08. The summed E-state index contributed by atoms with van der Waals surface area (Å²) in [6, 6.07) is 0. The molecule has 1 saturated heterocycles. The van der Waals surface area contributed by atoms with Gasteiger partial charge in [0.05, 0.1) is 11.0 Å². The van der Waals surface area contributed by atoms with Crippen molar-refractivity contribution in [2.75, 3.05) is 17.6 Å². The first kappa shape index (κ1) is 12.8. The number of nitrogens with one attached hydrogen (secondary N) is 1. The highest BCUT2D eigenvalue weighted by atomic mass is 32.2. The fourth-order valence-electron chi connectivity index (χ4n) is 1.94. The molecule has 1 unspecified atom stereocenters. The summed E-state index contributed by atoms with van der Waals surface area (Å²) in [5, 5.41) is 3.57. The molecule has 1 fully saturated rings. The first-order valence-electron chi connectivity index (χ1n) is 5.90. The molecule has 0 bridgehead atoms. The van der Waals surface area contributed by atoms with Crippen LogP contribution in [0.5, 0.6) is 0 Å². The van der Waals surface area contributed by atoms with E-state index in [0.717, 1.165) is 36.6 Å². The second kappa shape index (κ2) is 5.30. The van der Waals surface area contributed by atoms with E-state index in [1.807, 2.05) is 0 Å². The molecule has 1 N–H and O–H groups in total. The van der Waals surface area contributed by atoms with Gasteiger partial charge in [-0.3, -0.25) is 0 Å². The summed E-state index contributed by atoms with van der Waals surface area (Å²) in [4.78, 5) is 4.31. The van der Waals surface area contributed by atoms with E-state index in [0.29, 0.717) is 12.3 Å². The molecule has 2 heterocycles. The summed E-state index contributed by atoms with van der Waals surface area (Å²) < 4.78 is 27.4. The standard InChI is InChI=1S/C10H17N3O2S2/c1-2-4-9-12-10(16-13-9)11-7-8-5-3-6-17(8,14)15/h8H,2-7H2,1H3,(H,11,12,13). The first-order chi connectivity index (χ1) is 8.12. The van der Waals surface area contributed by atoms with Crippen molar-refractivity contribution in [3.8, 4) is 0 Å². The third kappa shape index (κ3) is 3.16. The Kier molecular flexibility index (Phi) is 3.98. The monoisotopic (exact) mass is 275 g/mol. The van der Waals surface area contributed by atoms with E-state index in [-0.39, 0.29) is 5.25 Å². The largest absolute Gasteiger partial charge is 0.359 e. The minimum absolute atomic E-state index is 0.249. The molecule has 0 aliphatic carbocycles. The summed E-state index contributed by atoms with van der Waals surface area (Å²) in [6.07, 6.45) is 3.44. The SMILES string of the molecule is CCCc1nsc(NCC2CCCS2(=O)=O)n1. The number of rotatable bonds is 5. The van der Waals surface area contributed by atoms with Gasteiger partial charge in [-0.1, -0.05) is 6.92 Å². The second-order valence-electron chi connectivity index (χ2n) is 4.28. The van der Waals surface area contributed by atoms with Crippen LogP contribution in [0, 0.1) is 0 Å². The van der Waals surface area contributed by atoms with Crippen molar-refractivity contribution in [1.82, 2.24) is 9.36 Å². The Morgan fingerprint density at radius 3 is 3.00 bits per heavy atom. The molecule has 0 spiro atoms. The normalized spacial score (nSPS) is 22.8. The molecular formula is C10H17N3O2S2. The molecule has 96 valence electrons. The number of aryl methyl sites for hydroxylation is 1. The highest BCUT2D eigenvalue weighted by Gasteiger charge is 2.30. The zero-order valence-electron chi connectivity index (χ0n) is 9.85. The van der Waals surface area contributed by atoms with Gasteiger partial charge in [0.2, 0.25) is 5.13 Å². The van der Waals surface area contributed by atoms with E-state index < -0.39 is 9.84 Å². The molecule has 1 aromatic heterocycles. The maximum absolute atomic E-state index is 11.6. The number of nitrogens with zero attached hydrogens (tertiary/aromatic N) is 2. The third-order valence-electron chi connectivity index (χ3n) is 2.89. The van der Waals surface area contributed by atoms with Crippen LogP contribution >= 0.6 is 11.5 Å². The van der Waals surface area contributed by atoms with Crippen LogP contribution < -0.4 is 5.32 Å². The van der Waals surface area contributed by atoms with Crippen molar-refractivity contribution in [3.63, 3.8) is 0 Å². The van der Waals surface area contributed by atoms with E-state index in [4.69, 9.17) is 0 Å². The van der Waals surface area contributed by atoms with Gasteiger partial charge in [0.15, 0.2) is 9.84 Å². The highest BCUT2D eigenvalue weighted by Crippen LogP contribution is 2.21. The Morgan fingerprint density at radius 2 is 2.35 bits per heavy atom. The maximum Gasteiger partial charge on any atom is 0.202 e. The van der Waals surface area contributed by atoms with Gasteiger partial charge in [-0.05, 0) is 19.3 Å². The van der Waals surface area contributed by atoms with Gasteiger partial charge < -0.3 is 5.32 Å². The van der Waals surface area contributed by atoms with E-state index in [1.165, 1.54) is 11.5 Å². The summed E-state index contributed by atoms with van der Waals surface area (Å²) in [6.45, 7) is 2.54. The lowest BCUT2D eigenvalue weighted by atomic mass is 10.2. The first-order valence-corrected chi connectivity index (χ1v) is 8.38. The molecule has 7 heteroatoms. The van der Waals surface area contributed by atoms with Crippen LogP contribution in [0.2, 0.25) is 0 Å². The van der Waals surface area contributed by atoms with E-state index in [2.05, 4.69) is 21.6 Å². The van der Waals surface area contributed by atoms with Crippen LogP contribution in [-0.4, -0.2) is 35.3 Å². The molecule has 1 atom stereocenters. The third-order valence-corrected chi connectivity index (χ3v) is 5.87. The van der Waals surface area contributed by atoms with Gasteiger partial charge in [0.25, 0.3) is 0 Å². The predicted octanol–water partition coefficient (Wildman–Crippen LogP) is 1.48. The predicted molar refractivity (Wildman–Crippen MR) is 69.2 cm³/mol. The highest BCUT2D eigenvalue weighted by molar-refractivity contribution is 7.92. The maximum atomic E-state index is 11.6. The van der Waals surface area contributed by atoms with Gasteiger partial charge in [0.1, 0.15) is 5.82 Å². The molecule has 1 aliphatic heterocycles. The number of hydrogen-bond acceptors (Lipinski definition) is 6. The van der Waals surface area contributed by atoms with Crippen molar-refractivity contribution in [2.45, 2.75) is 37.9 Å². The molecule has 0 radical (unpaired) electrons. The second-order valence-corrected chi connectivity index (χ2v) is 7.43. The average molecular weight is 275 g/mol. The zero-order valence-corrected chi connectivity index (χ0v) is 11.5. The van der Waals surface area contributed by atoms with Gasteiger partial charge in [-0.2, -0.15) is 4.37 Å². The quantitative estimate of drug-likeness (QED) is 0.881. The van der Waals surface area contributed by atoms with Crippen molar-refractivity contribution < 1.29 is 8.42 Å². The lowest BCUT2D eigenvalue weighted by molar-refractivity contribution is 0.591. The number of anilines is 1. The number of aromatic nitrogens is 2. The van der Waals surface area contributed by atoms with Crippen LogP contribution in [0.1, 0.15) is 32.0 Å². The van der Waals surface area contributed by atoms with E-state index in [1.54, 1.807) is 0 Å². The molecule has 5 nitrogen and oxygen atoms in total. The summed E-state index contributed by atoms with van der Waals surface area (Å²) in [5.74, 6) is 1.17. The molecule has 2 rings (SSSR count). The minimum atomic E-state index is -2.87. The van der Waals surface area contributed by atoms with Crippen molar-refractivity contribution in [1.29, 1.82) is 0 Å². The molecule has 1 aromatic rings. The average Bonchev–Trinajstić information content (AvgIpc) is 2.83. The topological polar surface area (TPSA) is 72.0 Å². The lowest BCUT2D eigenvalue weighted by Crippen LogP contribution is -2.24. The van der Waals surface area contributed by atoms with Gasteiger partial charge in [0, 0.05) is 24.5 Å². The smallest absolute Gasteiger partial charge is 0.202 e. The fourth-order valence-corrected chi connectivity index (χ4v) is 4.32. The summed E-state index contributed by atoms with van der Waals surface area (Å²) >= 11 is 1.31. The van der Waals surface area contributed by atoms with Gasteiger partial charge in [-0.25, -0.2) is 13.4 Å². The van der Waals surface area contributed by atoms with E-state index >= 15 is 0 Å².